The van der Waals surface area contributed by atoms with Gasteiger partial charge in [0.25, 0.3) is 0 Å². The Labute approximate surface area is 73.2 Å². The summed E-state index contributed by atoms with van der Waals surface area (Å²) in [5, 5.41) is 24.7. The van der Waals surface area contributed by atoms with E-state index in [4.69, 9.17) is 10.4 Å². The third-order valence-corrected chi connectivity index (χ3v) is 0.842. The molecule has 13 heavy (non-hydrogen) atoms. The van der Waals surface area contributed by atoms with Crippen molar-refractivity contribution in [2.75, 3.05) is 7.11 Å². The molecule has 3 N–H and O–H groups in total. The first-order chi connectivity index (χ1) is 6.24. The van der Waals surface area contributed by atoms with Gasteiger partial charge in [0.1, 0.15) is 5.71 Å². The first-order valence-electron chi connectivity index (χ1n) is 3.01. The lowest BCUT2D eigenvalue weighted by atomic mass is 10.4. The van der Waals surface area contributed by atoms with Gasteiger partial charge in [-0.2, -0.15) is 5.10 Å². The summed E-state index contributed by atoms with van der Waals surface area (Å²) in [7, 11) is 1.16. The van der Waals surface area contributed by atoms with E-state index < -0.39 is 6.09 Å². The first-order valence-corrected chi connectivity index (χ1v) is 3.01. The number of rotatable bonds is 3. The molecule has 0 heterocycles. The molecular weight excluding hydrogens is 180 g/mol. The molecule has 72 valence electrons. The van der Waals surface area contributed by atoms with E-state index in [1.54, 1.807) is 0 Å². The minimum atomic E-state index is -0.796. The number of ether oxygens (including phenoxy) is 1. The third kappa shape index (κ3) is 5.18. The number of oxime groups is 2. The molecule has 0 aromatic rings. The number of hydrazone groups is 1. The normalized spacial score (nSPS) is 10.2. The molecule has 0 atom stereocenters. The summed E-state index contributed by atoms with van der Waals surface area (Å²) >= 11 is 0. The second-order valence-corrected chi connectivity index (χ2v) is 1.63. The third-order valence-electron chi connectivity index (χ3n) is 0.842. The van der Waals surface area contributed by atoms with E-state index in [-0.39, 0.29) is 5.71 Å². The van der Waals surface area contributed by atoms with Gasteiger partial charge in [-0.3, -0.25) is 0 Å². The van der Waals surface area contributed by atoms with Crippen LogP contribution >= 0.6 is 0 Å². The second kappa shape index (κ2) is 6.58. The van der Waals surface area contributed by atoms with Crippen LogP contribution in [0.5, 0.6) is 0 Å². The Balaban J connectivity index is 4.27. The van der Waals surface area contributed by atoms with Gasteiger partial charge in [0.2, 0.25) is 0 Å². The molecule has 0 unspecified atom stereocenters. The van der Waals surface area contributed by atoms with Gasteiger partial charge in [0.05, 0.1) is 19.5 Å². The van der Waals surface area contributed by atoms with Gasteiger partial charge >= 0.3 is 6.09 Å². The molecule has 0 saturated heterocycles. The average molecular weight is 188 g/mol. The Kier molecular flexibility index (Phi) is 5.51. The van der Waals surface area contributed by atoms with Gasteiger partial charge in [0, 0.05) is 0 Å². The molecule has 0 bridgehead atoms. The van der Waals surface area contributed by atoms with Crippen molar-refractivity contribution < 1.29 is 19.9 Å². The number of carbonyl (C=O) groups is 1. The Morgan fingerprint density at radius 2 is 1.92 bits per heavy atom. The summed E-state index contributed by atoms with van der Waals surface area (Å²) in [5.74, 6) is 0. The van der Waals surface area contributed by atoms with Gasteiger partial charge < -0.3 is 15.2 Å². The van der Waals surface area contributed by atoms with Crippen LogP contribution in [0, 0.1) is 0 Å². The van der Waals surface area contributed by atoms with Crippen LogP contribution in [0.1, 0.15) is 0 Å². The fourth-order valence-corrected chi connectivity index (χ4v) is 0.365. The minimum Gasteiger partial charge on any atom is -0.452 e. The van der Waals surface area contributed by atoms with Crippen molar-refractivity contribution in [3.05, 3.63) is 0 Å². The molecule has 0 radical (unpaired) electrons. The maximum atomic E-state index is 10.5. The Morgan fingerprint density at radius 1 is 1.38 bits per heavy atom. The van der Waals surface area contributed by atoms with Crippen molar-refractivity contribution in [3.63, 3.8) is 0 Å². The molecule has 8 heteroatoms. The van der Waals surface area contributed by atoms with Gasteiger partial charge in [-0.05, 0) is 0 Å². The summed E-state index contributed by atoms with van der Waals surface area (Å²) in [6, 6.07) is 0. The molecule has 1 amide bonds. The number of hydrogen-bond donors (Lipinski definition) is 3. The Bertz CT molecular complexity index is 233. The zero-order chi connectivity index (χ0) is 10.1. The molecule has 0 aliphatic heterocycles. The zero-order valence-electron chi connectivity index (χ0n) is 6.71. The molecular formula is C5H8N4O4. The van der Waals surface area contributed by atoms with E-state index in [2.05, 4.69) is 20.1 Å². The highest BCUT2D eigenvalue weighted by atomic mass is 16.5. The highest BCUT2D eigenvalue weighted by Gasteiger charge is 1.96. The van der Waals surface area contributed by atoms with Crippen molar-refractivity contribution in [1.29, 1.82) is 0 Å². The summed E-state index contributed by atoms with van der Waals surface area (Å²) in [6.07, 6.45) is 0.917. The van der Waals surface area contributed by atoms with Crippen LogP contribution < -0.4 is 5.43 Å². The summed E-state index contributed by atoms with van der Waals surface area (Å²) < 4.78 is 4.19. The summed E-state index contributed by atoms with van der Waals surface area (Å²) in [4.78, 5) is 10.5. The van der Waals surface area contributed by atoms with E-state index >= 15 is 0 Å². The molecule has 0 aromatic carbocycles. The van der Waals surface area contributed by atoms with Crippen LogP contribution in [0.15, 0.2) is 15.4 Å². The number of amides is 1. The maximum absolute atomic E-state index is 10.5. The lowest BCUT2D eigenvalue weighted by Gasteiger charge is -1.95. The van der Waals surface area contributed by atoms with Crippen molar-refractivity contribution in [2.45, 2.75) is 0 Å². The fraction of sp³-hybridized carbons (Fsp3) is 0.200. The molecule has 0 saturated carbocycles. The number of nitrogens with one attached hydrogen (secondary N) is 1. The number of methoxy groups -OCH3 is 1. The van der Waals surface area contributed by atoms with Crippen LogP contribution in [-0.4, -0.2) is 41.8 Å². The molecule has 0 aromatic heterocycles. The van der Waals surface area contributed by atoms with Crippen molar-refractivity contribution in [1.82, 2.24) is 5.43 Å². The van der Waals surface area contributed by atoms with E-state index in [1.807, 2.05) is 5.43 Å². The highest BCUT2D eigenvalue weighted by molar-refractivity contribution is 6.55. The van der Waals surface area contributed by atoms with Crippen LogP contribution in [0.2, 0.25) is 0 Å². The fourth-order valence-electron chi connectivity index (χ4n) is 0.365. The summed E-state index contributed by atoms with van der Waals surface area (Å²) in [5.41, 5.74) is 1.86. The number of hydrogen-bond acceptors (Lipinski definition) is 7. The lowest BCUT2D eigenvalue weighted by Crippen LogP contribution is -2.20. The smallest absolute Gasteiger partial charge is 0.427 e. The monoisotopic (exact) mass is 188 g/mol. The second-order valence-electron chi connectivity index (χ2n) is 1.63. The van der Waals surface area contributed by atoms with Gasteiger partial charge in [-0.25, -0.2) is 10.2 Å². The molecule has 0 aliphatic carbocycles. The lowest BCUT2D eigenvalue weighted by molar-refractivity contribution is 0.171. The molecule has 0 fully saturated rings. The van der Waals surface area contributed by atoms with E-state index in [0.717, 1.165) is 19.5 Å². The number of nitrogens with zero attached hydrogens (tertiary/aromatic N) is 3. The average Bonchev–Trinajstić information content (AvgIpc) is 2.14. The topological polar surface area (TPSA) is 116 Å². The van der Waals surface area contributed by atoms with Crippen LogP contribution in [0.4, 0.5) is 4.79 Å². The number of carbonyl (C=O) groups excluding carboxylic acids is 1. The Morgan fingerprint density at radius 3 is 2.31 bits per heavy atom. The quantitative estimate of drug-likeness (QED) is 0.318. The van der Waals surface area contributed by atoms with Gasteiger partial charge in [-0.15, -0.1) is 0 Å². The van der Waals surface area contributed by atoms with Crippen molar-refractivity contribution in [2.24, 2.45) is 15.4 Å². The highest BCUT2D eigenvalue weighted by Crippen LogP contribution is 1.73. The van der Waals surface area contributed by atoms with E-state index in [1.165, 1.54) is 0 Å². The molecule has 0 spiro atoms. The minimum absolute atomic E-state index is 0.0598. The van der Waals surface area contributed by atoms with Crippen LogP contribution in [0.3, 0.4) is 0 Å². The zero-order valence-corrected chi connectivity index (χ0v) is 6.71. The largest absolute Gasteiger partial charge is 0.452 e. The molecule has 0 rings (SSSR count). The van der Waals surface area contributed by atoms with Crippen molar-refractivity contribution >= 4 is 24.2 Å². The first kappa shape index (κ1) is 10.9. The van der Waals surface area contributed by atoms with E-state index in [9.17, 15) is 4.79 Å². The Hall–Kier alpha value is -2.12. The van der Waals surface area contributed by atoms with Gasteiger partial charge in [-0.1, -0.05) is 10.3 Å². The van der Waals surface area contributed by atoms with E-state index in [0.29, 0.717) is 0 Å². The molecule has 0 aliphatic rings. The van der Waals surface area contributed by atoms with Crippen molar-refractivity contribution in [3.8, 4) is 0 Å². The van der Waals surface area contributed by atoms with Crippen LogP contribution in [-0.2, 0) is 4.74 Å². The maximum Gasteiger partial charge on any atom is 0.427 e. The predicted octanol–water partition coefficient (Wildman–Crippen LogP) is -0.382. The predicted molar refractivity (Wildman–Crippen MR) is 43.5 cm³/mol. The molecule has 8 nitrogen and oxygen atoms in total. The summed E-state index contributed by atoms with van der Waals surface area (Å²) in [6.45, 7) is 0. The van der Waals surface area contributed by atoms with Gasteiger partial charge in [0.15, 0.2) is 0 Å². The SMILES string of the molecule is COC(=O)NN=C(C=NO)C=NO. The standard InChI is InChI=1S/C5H8N4O4/c1-13-5(10)9-8-4(2-6-11)3-7-12/h2-3,11-12H,1H3,(H,9,10). The van der Waals surface area contributed by atoms with Crippen LogP contribution in [0.25, 0.3) is 0 Å².